The molecular weight excluding hydrogens is 230 g/mol. The molecule has 90 valence electrons. The molecule has 2 aromatic heterocycles. The van der Waals surface area contributed by atoms with Gasteiger partial charge in [-0.15, -0.1) is 0 Å². The topological polar surface area (TPSA) is 66.6 Å². The molecule has 0 fully saturated rings. The summed E-state index contributed by atoms with van der Waals surface area (Å²) in [7, 11) is 0. The Labute approximate surface area is 103 Å². The van der Waals surface area contributed by atoms with Gasteiger partial charge in [-0.05, 0) is 11.5 Å². The SMILES string of the molecule is O=C(Cc1ncc2c3ccccc3ccn12)NO. The number of carbonyl (C=O) groups is 1. The van der Waals surface area contributed by atoms with Crippen molar-refractivity contribution in [3.8, 4) is 0 Å². The van der Waals surface area contributed by atoms with E-state index in [2.05, 4.69) is 4.98 Å². The summed E-state index contributed by atoms with van der Waals surface area (Å²) in [5.74, 6) is 0.123. The molecule has 0 aliphatic heterocycles. The Kier molecular flexibility index (Phi) is 2.46. The lowest BCUT2D eigenvalue weighted by Gasteiger charge is -2.03. The van der Waals surface area contributed by atoms with Gasteiger partial charge in [0.05, 0.1) is 18.1 Å². The maximum Gasteiger partial charge on any atom is 0.250 e. The van der Waals surface area contributed by atoms with Crippen molar-refractivity contribution in [1.29, 1.82) is 0 Å². The molecule has 5 nitrogen and oxygen atoms in total. The number of nitrogens with one attached hydrogen (secondary N) is 1. The quantitative estimate of drug-likeness (QED) is 0.528. The largest absolute Gasteiger partial charge is 0.303 e. The molecule has 0 atom stereocenters. The number of benzene rings is 1. The number of fused-ring (bicyclic) bond motifs is 3. The van der Waals surface area contributed by atoms with E-state index in [1.807, 2.05) is 40.9 Å². The predicted octanol–water partition coefficient (Wildman–Crippen LogP) is 1.54. The second-order valence-corrected chi connectivity index (χ2v) is 4.04. The third kappa shape index (κ3) is 1.61. The molecular formula is C13H11N3O2. The highest BCUT2D eigenvalue weighted by atomic mass is 16.5. The summed E-state index contributed by atoms with van der Waals surface area (Å²) >= 11 is 0. The number of carbonyl (C=O) groups excluding carboxylic acids is 1. The second-order valence-electron chi connectivity index (χ2n) is 4.04. The molecule has 0 aliphatic rings. The van der Waals surface area contributed by atoms with Gasteiger partial charge in [-0.1, -0.05) is 24.3 Å². The fraction of sp³-hybridized carbons (Fsp3) is 0.0769. The van der Waals surface area contributed by atoms with Gasteiger partial charge in [-0.2, -0.15) is 0 Å². The average molecular weight is 241 g/mol. The lowest BCUT2D eigenvalue weighted by molar-refractivity contribution is -0.128. The van der Waals surface area contributed by atoms with Crippen molar-refractivity contribution in [2.45, 2.75) is 6.42 Å². The first-order valence-corrected chi connectivity index (χ1v) is 5.56. The van der Waals surface area contributed by atoms with Crippen LogP contribution in [0.3, 0.4) is 0 Å². The summed E-state index contributed by atoms with van der Waals surface area (Å²) in [6.45, 7) is 0. The molecule has 0 spiro atoms. The Morgan fingerprint density at radius 2 is 2.17 bits per heavy atom. The molecule has 18 heavy (non-hydrogen) atoms. The number of imidazole rings is 1. The van der Waals surface area contributed by atoms with E-state index in [0.29, 0.717) is 5.82 Å². The number of rotatable bonds is 2. The monoisotopic (exact) mass is 241 g/mol. The van der Waals surface area contributed by atoms with Gasteiger partial charge in [0.15, 0.2) is 0 Å². The zero-order valence-corrected chi connectivity index (χ0v) is 9.50. The summed E-state index contributed by atoms with van der Waals surface area (Å²) in [5.41, 5.74) is 2.57. The van der Waals surface area contributed by atoms with Crippen LogP contribution in [0.15, 0.2) is 42.7 Å². The summed E-state index contributed by atoms with van der Waals surface area (Å²) < 4.78 is 1.86. The lowest BCUT2D eigenvalue weighted by Crippen LogP contribution is -2.21. The highest BCUT2D eigenvalue weighted by Gasteiger charge is 2.09. The minimum Gasteiger partial charge on any atom is -0.303 e. The Bertz CT molecular complexity index is 733. The number of pyridine rings is 1. The number of nitrogens with zero attached hydrogens (tertiary/aromatic N) is 2. The Hall–Kier alpha value is -2.40. The standard InChI is InChI=1S/C13H11N3O2/c17-13(15-18)7-12-14-8-11-10-4-2-1-3-9(10)5-6-16(11)12/h1-6,8,18H,7H2,(H,15,17). The molecule has 0 saturated carbocycles. The maximum atomic E-state index is 11.2. The van der Waals surface area contributed by atoms with E-state index in [1.54, 1.807) is 11.7 Å². The van der Waals surface area contributed by atoms with Gasteiger partial charge in [-0.25, -0.2) is 10.5 Å². The number of hydroxylamine groups is 1. The average Bonchev–Trinajstić information content (AvgIpc) is 2.82. The van der Waals surface area contributed by atoms with Crippen LogP contribution in [0.1, 0.15) is 5.82 Å². The normalized spacial score (nSPS) is 10.9. The second kappa shape index (κ2) is 4.12. The maximum absolute atomic E-state index is 11.2. The van der Waals surface area contributed by atoms with Crippen molar-refractivity contribution in [3.05, 3.63) is 48.5 Å². The smallest absolute Gasteiger partial charge is 0.250 e. The molecule has 0 saturated heterocycles. The zero-order chi connectivity index (χ0) is 12.5. The first-order chi connectivity index (χ1) is 8.79. The van der Waals surface area contributed by atoms with Crippen molar-refractivity contribution in [2.24, 2.45) is 0 Å². The molecule has 3 rings (SSSR count). The molecule has 0 bridgehead atoms. The Balaban J connectivity index is 2.20. The first-order valence-electron chi connectivity index (χ1n) is 5.56. The van der Waals surface area contributed by atoms with Crippen LogP contribution in [0, 0.1) is 0 Å². The van der Waals surface area contributed by atoms with E-state index in [1.165, 1.54) is 0 Å². The number of hydrogen-bond donors (Lipinski definition) is 2. The van der Waals surface area contributed by atoms with Gasteiger partial charge < -0.3 is 4.40 Å². The van der Waals surface area contributed by atoms with Gasteiger partial charge in [0.2, 0.25) is 0 Å². The third-order valence-corrected chi connectivity index (χ3v) is 2.96. The predicted molar refractivity (Wildman–Crippen MR) is 66.3 cm³/mol. The summed E-state index contributed by atoms with van der Waals surface area (Å²) in [4.78, 5) is 15.4. The summed E-state index contributed by atoms with van der Waals surface area (Å²) in [6, 6.07) is 9.97. The fourth-order valence-corrected chi connectivity index (χ4v) is 2.11. The van der Waals surface area contributed by atoms with Crippen LogP contribution >= 0.6 is 0 Å². The van der Waals surface area contributed by atoms with Crippen LogP contribution in [-0.4, -0.2) is 20.5 Å². The molecule has 3 aromatic rings. The van der Waals surface area contributed by atoms with Gasteiger partial charge in [0.25, 0.3) is 5.91 Å². The van der Waals surface area contributed by atoms with Crippen LogP contribution < -0.4 is 5.48 Å². The zero-order valence-electron chi connectivity index (χ0n) is 9.50. The van der Waals surface area contributed by atoms with Crippen molar-refractivity contribution in [1.82, 2.24) is 14.9 Å². The molecule has 1 aromatic carbocycles. The van der Waals surface area contributed by atoms with Gasteiger partial charge in [-0.3, -0.25) is 10.0 Å². The Morgan fingerprint density at radius 1 is 1.33 bits per heavy atom. The molecule has 5 heteroatoms. The molecule has 0 radical (unpaired) electrons. The van der Waals surface area contributed by atoms with E-state index in [9.17, 15) is 4.79 Å². The van der Waals surface area contributed by atoms with Gasteiger partial charge in [0.1, 0.15) is 5.82 Å². The van der Waals surface area contributed by atoms with Crippen LogP contribution in [0.2, 0.25) is 0 Å². The highest BCUT2D eigenvalue weighted by Crippen LogP contribution is 2.20. The first kappa shape index (κ1) is 10.7. The molecule has 0 unspecified atom stereocenters. The van der Waals surface area contributed by atoms with Crippen molar-refractivity contribution >= 4 is 22.2 Å². The number of hydrogen-bond acceptors (Lipinski definition) is 3. The van der Waals surface area contributed by atoms with E-state index in [4.69, 9.17) is 5.21 Å². The fourth-order valence-electron chi connectivity index (χ4n) is 2.11. The van der Waals surface area contributed by atoms with Gasteiger partial charge in [0, 0.05) is 11.6 Å². The van der Waals surface area contributed by atoms with Crippen molar-refractivity contribution in [3.63, 3.8) is 0 Å². The van der Waals surface area contributed by atoms with E-state index < -0.39 is 5.91 Å². The van der Waals surface area contributed by atoms with Crippen LogP contribution in [0.5, 0.6) is 0 Å². The van der Waals surface area contributed by atoms with Crippen LogP contribution in [0.4, 0.5) is 0 Å². The lowest BCUT2D eigenvalue weighted by atomic mass is 10.1. The van der Waals surface area contributed by atoms with Crippen LogP contribution in [0.25, 0.3) is 16.3 Å². The van der Waals surface area contributed by atoms with Gasteiger partial charge >= 0.3 is 0 Å². The van der Waals surface area contributed by atoms with E-state index in [0.717, 1.165) is 16.3 Å². The molecule has 1 amide bonds. The highest BCUT2D eigenvalue weighted by molar-refractivity contribution is 5.95. The minimum atomic E-state index is -0.476. The minimum absolute atomic E-state index is 0.0446. The van der Waals surface area contributed by atoms with E-state index in [-0.39, 0.29) is 6.42 Å². The molecule has 2 heterocycles. The van der Waals surface area contributed by atoms with E-state index >= 15 is 0 Å². The molecule has 2 N–H and O–H groups in total. The summed E-state index contributed by atoms with van der Waals surface area (Å²) in [5, 5.41) is 10.8. The van der Waals surface area contributed by atoms with Crippen LogP contribution in [-0.2, 0) is 11.2 Å². The molecule has 0 aliphatic carbocycles. The van der Waals surface area contributed by atoms with Crippen molar-refractivity contribution in [2.75, 3.05) is 0 Å². The number of amides is 1. The number of aromatic nitrogens is 2. The Morgan fingerprint density at radius 3 is 3.00 bits per heavy atom. The summed E-state index contributed by atoms with van der Waals surface area (Å²) in [6.07, 6.45) is 3.66. The third-order valence-electron chi connectivity index (χ3n) is 2.96. The van der Waals surface area contributed by atoms with Crippen molar-refractivity contribution < 1.29 is 10.0 Å².